The van der Waals surface area contributed by atoms with Crippen molar-refractivity contribution in [3.8, 4) is 5.75 Å². The van der Waals surface area contributed by atoms with Crippen molar-refractivity contribution < 1.29 is 13.9 Å². The van der Waals surface area contributed by atoms with Crippen molar-refractivity contribution in [1.82, 2.24) is 14.9 Å². The number of aromatic nitrogens is 2. The fraction of sp³-hybridized carbons (Fsp3) is 0.450. The SMILES string of the molecule is Cc1cc2c(cc1F)OCC(C)N2C(=O)N1CC2(C1)CN(c1ncccn1)C2. The molecule has 0 radical (unpaired) electrons. The summed E-state index contributed by atoms with van der Waals surface area (Å²) in [6, 6.07) is 4.74. The minimum absolute atomic E-state index is 0.0388. The number of likely N-dealkylation sites (tertiary alicyclic amines) is 1. The summed E-state index contributed by atoms with van der Waals surface area (Å²) in [7, 11) is 0. The number of fused-ring (bicyclic) bond motifs is 1. The van der Waals surface area contributed by atoms with Crippen LogP contribution >= 0.6 is 0 Å². The molecule has 3 aliphatic rings. The van der Waals surface area contributed by atoms with E-state index in [9.17, 15) is 9.18 Å². The van der Waals surface area contributed by atoms with Crippen LogP contribution in [0.1, 0.15) is 12.5 Å². The van der Waals surface area contributed by atoms with Crippen molar-refractivity contribution in [2.45, 2.75) is 19.9 Å². The number of carbonyl (C=O) groups excluding carboxylic acids is 1. The van der Waals surface area contributed by atoms with Crippen LogP contribution < -0.4 is 14.5 Å². The van der Waals surface area contributed by atoms with Crippen LogP contribution in [-0.4, -0.2) is 59.7 Å². The first-order chi connectivity index (χ1) is 13.5. The van der Waals surface area contributed by atoms with Gasteiger partial charge in [0, 0.05) is 50.1 Å². The predicted molar refractivity (Wildman–Crippen MR) is 102 cm³/mol. The largest absolute Gasteiger partial charge is 0.489 e. The molecule has 1 spiro atoms. The number of benzene rings is 1. The number of urea groups is 1. The fourth-order valence-corrected chi connectivity index (χ4v) is 4.38. The minimum Gasteiger partial charge on any atom is -0.489 e. The molecule has 28 heavy (non-hydrogen) atoms. The number of carbonyl (C=O) groups is 1. The molecule has 0 aliphatic carbocycles. The molecule has 3 aliphatic heterocycles. The zero-order valence-electron chi connectivity index (χ0n) is 15.9. The van der Waals surface area contributed by atoms with Gasteiger partial charge in [0.25, 0.3) is 0 Å². The summed E-state index contributed by atoms with van der Waals surface area (Å²) in [4.78, 5) is 27.5. The number of hydrogen-bond acceptors (Lipinski definition) is 5. The third kappa shape index (κ3) is 2.58. The van der Waals surface area contributed by atoms with Crippen molar-refractivity contribution in [3.63, 3.8) is 0 Å². The maximum absolute atomic E-state index is 13.9. The monoisotopic (exact) mass is 383 g/mol. The molecule has 8 heteroatoms. The first-order valence-electron chi connectivity index (χ1n) is 9.49. The Morgan fingerprint density at radius 3 is 2.64 bits per heavy atom. The first kappa shape index (κ1) is 17.2. The molecule has 1 aromatic heterocycles. The second kappa shape index (κ2) is 6.05. The molecule has 1 aromatic carbocycles. The van der Waals surface area contributed by atoms with E-state index in [1.165, 1.54) is 6.07 Å². The highest BCUT2D eigenvalue weighted by molar-refractivity contribution is 5.95. The lowest BCUT2D eigenvalue weighted by Gasteiger charge is -2.60. The molecular weight excluding hydrogens is 361 g/mol. The van der Waals surface area contributed by atoms with Gasteiger partial charge in [0.05, 0.1) is 11.7 Å². The van der Waals surface area contributed by atoms with Crippen LogP contribution in [0, 0.1) is 18.2 Å². The normalized spacial score (nSPS) is 22.2. The molecule has 0 bridgehead atoms. The highest BCUT2D eigenvalue weighted by Gasteiger charge is 2.55. The maximum Gasteiger partial charge on any atom is 0.325 e. The van der Waals surface area contributed by atoms with E-state index >= 15 is 0 Å². The molecule has 1 atom stereocenters. The van der Waals surface area contributed by atoms with Gasteiger partial charge < -0.3 is 14.5 Å². The third-order valence-electron chi connectivity index (χ3n) is 5.84. The Labute approximate surface area is 162 Å². The van der Waals surface area contributed by atoms with Gasteiger partial charge in [-0.05, 0) is 31.5 Å². The zero-order valence-corrected chi connectivity index (χ0v) is 15.9. The molecule has 7 nitrogen and oxygen atoms in total. The van der Waals surface area contributed by atoms with Crippen molar-refractivity contribution in [2.24, 2.45) is 5.41 Å². The number of rotatable bonds is 1. The summed E-state index contributed by atoms with van der Waals surface area (Å²) in [6.45, 7) is 7.17. The smallest absolute Gasteiger partial charge is 0.325 e. The van der Waals surface area contributed by atoms with Gasteiger partial charge in [0.1, 0.15) is 18.2 Å². The Morgan fingerprint density at radius 1 is 1.21 bits per heavy atom. The Kier molecular flexibility index (Phi) is 3.72. The number of hydrogen-bond donors (Lipinski definition) is 0. The Morgan fingerprint density at radius 2 is 1.93 bits per heavy atom. The predicted octanol–water partition coefficient (Wildman–Crippen LogP) is 2.45. The van der Waals surface area contributed by atoms with Crippen LogP contribution in [0.15, 0.2) is 30.6 Å². The van der Waals surface area contributed by atoms with E-state index in [2.05, 4.69) is 14.9 Å². The van der Waals surface area contributed by atoms with Gasteiger partial charge in [0.15, 0.2) is 0 Å². The average molecular weight is 383 g/mol. The second-order valence-corrected chi connectivity index (χ2v) is 8.14. The number of aryl methyl sites for hydroxylation is 1. The molecule has 0 N–H and O–H groups in total. The van der Waals surface area contributed by atoms with E-state index in [4.69, 9.17) is 4.74 Å². The molecule has 2 saturated heterocycles. The van der Waals surface area contributed by atoms with Crippen LogP contribution in [0.5, 0.6) is 5.75 Å². The summed E-state index contributed by atoms with van der Waals surface area (Å²) < 4.78 is 19.5. The number of halogens is 1. The molecular formula is C20H22FN5O2. The maximum atomic E-state index is 13.9. The molecule has 1 unspecified atom stereocenters. The molecule has 146 valence electrons. The summed E-state index contributed by atoms with van der Waals surface area (Å²) in [5.41, 5.74) is 1.29. The van der Waals surface area contributed by atoms with E-state index in [-0.39, 0.29) is 23.3 Å². The Hall–Kier alpha value is -2.90. The highest BCUT2D eigenvalue weighted by Crippen LogP contribution is 2.43. The van der Waals surface area contributed by atoms with Crippen molar-refractivity contribution in [1.29, 1.82) is 0 Å². The van der Waals surface area contributed by atoms with E-state index in [1.807, 2.05) is 11.8 Å². The van der Waals surface area contributed by atoms with Crippen molar-refractivity contribution in [2.75, 3.05) is 42.6 Å². The van der Waals surface area contributed by atoms with Gasteiger partial charge in [-0.1, -0.05) is 0 Å². The average Bonchev–Trinajstić information content (AvgIpc) is 2.61. The Balaban J connectivity index is 1.28. The first-order valence-corrected chi connectivity index (χ1v) is 9.49. The van der Waals surface area contributed by atoms with E-state index in [0.717, 1.165) is 32.1 Å². The lowest BCUT2D eigenvalue weighted by atomic mass is 9.73. The molecule has 2 amide bonds. The summed E-state index contributed by atoms with van der Waals surface area (Å²) >= 11 is 0. The summed E-state index contributed by atoms with van der Waals surface area (Å²) in [5.74, 6) is 0.855. The van der Waals surface area contributed by atoms with Crippen LogP contribution in [0.25, 0.3) is 0 Å². The zero-order chi connectivity index (χ0) is 19.5. The van der Waals surface area contributed by atoms with Crippen LogP contribution in [0.3, 0.4) is 0 Å². The van der Waals surface area contributed by atoms with Gasteiger partial charge in [-0.25, -0.2) is 19.2 Å². The Bertz CT molecular complexity index is 924. The number of amides is 2. The number of nitrogens with zero attached hydrogens (tertiary/aromatic N) is 5. The van der Waals surface area contributed by atoms with Crippen LogP contribution in [-0.2, 0) is 0 Å². The van der Waals surface area contributed by atoms with Crippen molar-refractivity contribution >= 4 is 17.7 Å². The summed E-state index contributed by atoms with van der Waals surface area (Å²) in [5, 5.41) is 0. The molecule has 2 aromatic rings. The number of anilines is 2. The van der Waals surface area contributed by atoms with Crippen LogP contribution in [0.4, 0.5) is 20.8 Å². The minimum atomic E-state index is -0.318. The van der Waals surface area contributed by atoms with Gasteiger partial charge in [-0.15, -0.1) is 0 Å². The summed E-state index contributed by atoms with van der Waals surface area (Å²) in [6.07, 6.45) is 3.48. The second-order valence-electron chi connectivity index (χ2n) is 8.14. The highest BCUT2D eigenvalue weighted by atomic mass is 19.1. The van der Waals surface area contributed by atoms with Gasteiger partial charge >= 0.3 is 6.03 Å². The molecule has 5 rings (SSSR count). The molecule has 4 heterocycles. The van der Waals surface area contributed by atoms with Gasteiger partial charge in [-0.3, -0.25) is 4.90 Å². The lowest BCUT2D eigenvalue weighted by Crippen LogP contribution is -2.74. The quantitative estimate of drug-likeness (QED) is 0.757. The van der Waals surface area contributed by atoms with Crippen LogP contribution in [0.2, 0.25) is 0 Å². The van der Waals surface area contributed by atoms with E-state index in [0.29, 0.717) is 23.6 Å². The molecule has 0 saturated carbocycles. The van der Waals surface area contributed by atoms with Gasteiger partial charge in [0.2, 0.25) is 5.95 Å². The molecule has 2 fully saturated rings. The third-order valence-corrected chi connectivity index (χ3v) is 5.84. The van der Waals surface area contributed by atoms with Crippen molar-refractivity contribution in [3.05, 3.63) is 42.0 Å². The lowest BCUT2D eigenvalue weighted by molar-refractivity contribution is 0.00814. The standard InChI is InChI=1S/C20H22FN5O2/c1-13-6-16-17(7-15(13)21)28-8-14(2)26(16)19(27)25-11-20(12-25)9-24(10-20)18-22-4-3-5-23-18/h3-7,14H,8-12H2,1-2H3. The van der Waals surface area contributed by atoms with E-state index < -0.39 is 0 Å². The van der Waals surface area contributed by atoms with Gasteiger partial charge in [-0.2, -0.15) is 0 Å². The van der Waals surface area contributed by atoms with E-state index in [1.54, 1.807) is 36.4 Å². The number of ether oxygens (including phenoxy) is 1. The topological polar surface area (TPSA) is 61.8 Å². The fourth-order valence-electron chi connectivity index (χ4n) is 4.38.